The highest BCUT2D eigenvalue weighted by Crippen LogP contribution is 2.33. The molecule has 0 fully saturated rings. The minimum absolute atomic E-state index is 0.0620. The van der Waals surface area contributed by atoms with Crippen LogP contribution in [0.2, 0.25) is 0 Å². The van der Waals surface area contributed by atoms with E-state index >= 15 is 0 Å². The van der Waals surface area contributed by atoms with Crippen molar-refractivity contribution in [2.24, 2.45) is 11.8 Å². The maximum absolute atomic E-state index is 12.0. The first kappa shape index (κ1) is 15.2. The molecule has 0 bridgehead atoms. The molecule has 100 valence electrons. The molecule has 0 spiro atoms. The number of carbonyl (C=O) groups excluding carboxylic acids is 1. The monoisotopic (exact) mass is 313 g/mol. The van der Waals surface area contributed by atoms with Gasteiger partial charge in [0.25, 0.3) is 0 Å². The molecule has 4 heteroatoms. The van der Waals surface area contributed by atoms with Crippen LogP contribution in [-0.4, -0.2) is 20.1 Å². The van der Waals surface area contributed by atoms with Crippen LogP contribution in [0.15, 0.2) is 28.7 Å². The Labute approximate surface area is 117 Å². The third-order valence-electron chi connectivity index (χ3n) is 3.10. The van der Waals surface area contributed by atoms with Crippen molar-refractivity contribution in [3.8, 4) is 0 Å². The molecular weight excluding hydrogens is 294 g/mol. The fourth-order valence-electron chi connectivity index (χ4n) is 2.19. The molecule has 1 N–H and O–H groups in total. The van der Waals surface area contributed by atoms with Gasteiger partial charge in [0.1, 0.15) is 0 Å². The molecule has 1 rings (SSSR count). The van der Waals surface area contributed by atoms with Crippen LogP contribution in [-0.2, 0) is 9.53 Å². The number of hydrogen-bond donors (Lipinski definition) is 1. The topological polar surface area (TPSA) is 38.3 Å². The van der Waals surface area contributed by atoms with Crippen molar-refractivity contribution in [3.05, 3.63) is 34.3 Å². The minimum Gasteiger partial charge on any atom is -0.469 e. The van der Waals surface area contributed by atoms with Gasteiger partial charge in [0.05, 0.1) is 13.0 Å². The molecule has 0 amide bonds. The van der Waals surface area contributed by atoms with Crippen molar-refractivity contribution >= 4 is 21.9 Å². The smallest absolute Gasteiger partial charge is 0.310 e. The van der Waals surface area contributed by atoms with Crippen LogP contribution < -0.4 is 5.32 Å². The molecule has 18 heavy (non-hydrogen) atoms. The van der Waals surface area contributed by atoms with Gasteiger partial charge in [-0.2, -0.15) is 0 Å². The Morgan fingerprint density at radius 2 is 1.94 bits per heavy atom. The highest BCUT2D eigenvalue weighted by atomic mass is 79.9. The Kier molecular flexibility index (Phi) is 5.82. The highest BCUT2D eigenvalue weighted by molar-refractivity contribution is 9.10. The zero-order chi connectivity index (χ0) is 13.7. The zero-order valence-corrected chi connectivity index (χ0v) is 12.8. The molecule has 0 radical (unpaired) electrons. The summed E-state index contributed by atoms with van der Waals surface area (Å²) in [5.41, 5.74) is 1.07. The Hall–Kier alpha value is -0.870. The number of carbonyl (C=O) groups is 1. The summed E-state index contributed by atoms with van der Waals surface area (Å²) in [7, 11) is 3.30. The number of benzene rings is 1. The van der Waals surface area contributed by atoms with Crippen molar-refractivity contribution in [1.82, 2.24) is 5.32 Å². The number of hydrogen-bond acceptors (Lipinski definition) is 3. The summed E-state index contributed by atoms with van der Waals surface area (Å²) >= 11 is 3.53. The van der Waals surface area contributed by atoms with E-state index in [9.17, 15) is 4.79 Å². The Morgan fingerprint density at radius 1 is 1.33 bits per heavy atom. The van der Waals surface area contributed by atoms with Crippen LogP contribution in [0.5, 0.6) is 0 Å². The van der Waals surface area contributed by atoms with E-state index < -0.39 is 0 Å². The third kappa shape index (κ3) is 3.33. The van der Waals surface area contributed by atoms with E-state index in [4.69, 9.17) is 4.74 Å². The quantitative estimate of drug-likeness (QED) is 0.849. The lowest BCUT2D eigenvalue weighted by molar-refractivity contribution is -0.148. The highest BCUT2D eigenvalue weighted by Gasteiger charge is 2.32. The van der Waals surface area contributed by atoms with E-state index in [1.54, 1.807) is 0 Å². The Morgan fingerprint density at radius 3 is 2.39 bits per heavy atom. The molecule has 1 aromatic rings. The predicted molar refractivity (Wildman–Crippen MR) is 76.3 cm³/mol. The van der Waals surface area contributed by atoms with E-state index in [2.05, 4.69) is 21.2 Å². The molecule has 2 atom stereocenters. The van der Waals surface area contributed by atoms with Gasteiger partial charge in [-0.15, -0.1) is 0 Å². The van der Waals surface area contributed by atoms with Gasteiger partial charge in [-0.05, 0) is 24.6 Å². The minimum atomic E-state index is -0.210. The number of nitrogens with one attached hydrogen (secondary N) is 1. The van der Waals surface area contributed by atoms with Crippen LogP contribution in [0.1, 0.15) is 25.5 Å². The van der Waals surface area contributed by atoms with Crippen molar-refractivity contribution in [2.75, 3.05) is 14.2 Å². The Bertz CT molecular complexity index is 407. The van der Waals surface area contributed by atoms with Crippen LogP contribution in [0.25, 0.3) is 0 Å². The standard InChI is InChI=1S/C14H20BrNO2/c1-9(2)12(14(17)18-4)13(16-3)10-7-5-6-8-11(10)15/h5-9,12-13,16H,1-4H3. The lowest BCUT2D eigenvalue weighted by atomic mass is 9.84. The van der Waals surface area contributed by atoms with Crippen LogP contribution in [0.4, 0.5) is 0 Å². The summed E-state index contributed by atoms with van der Waals surface area (Å²) in [5, 5.41) is 3.22. The first-order valence-corrected chi connectivity index (χ1v) is 6.81. The Balaban J connectivity index is 3.14. The summed E-state index contributed by atoms with van der Waals surface area (Å²) < 4.78 is 5.92. The average Bonchev–Trinajstić information content (AvgIpc) is 2.35. The first-order valence-electron chi connectivity index (χ1n) is 6.02. The van der Waals surface area contributed by atoms with Crippen molar-refractivity contribution in [2.45, 2.75) is 19.9 Å². The molecule has 3 nitrogen and oxygen atoms in total. The van der Waals surface area contributed by atoms with E-state index in [-0.39, 0.29) is 23.8 Å². The van der Waals surface area contributed by atoms with Crippen molar-refractivity contribution < 1.29 is 9.53 Å². The lowest BCUT2D eigenvalue weighted by Gasteiger charge is -2.28. The molecule has 0 aliphatic rings. The number of esters is 1. The third-order valence-corrected chi connectivity index (χ3v) is 3.82. The summed E-state index contributed by atoms with van der Waals surface area (Å²) in [6.45, 7) is 4.06. The van der Waals surface area contributed by atoms with E-state index in [1.165, 1.54) is 7.11 Å². The van der Waals surface area contributed by atoms with Gasteiger partial charge in [-0.1, -0.05) is 48.0 Å². The summed E-state index contributed by atoms with van der Waals surface area (Å²) in [6, 6.07) is 7.87. The van der Waals surface area contributed by atoms with Gasteiger partial charge < -0.3 is 10.1 Å². The van der Waals surface area contributed by atoms with E-state index in [0.717, 1.165) is 10.0 Å². The summed E-state index contributed by atoms with van der Waals surface area (Å²) in [4.78, 5) is 12.0. The van der Waals surface area contributed by atoms with Crippen molar-refractivity contribution in [1.29, 1.82) is 0 Å². The molecular formula is C14H20BrNO2. The predicted octanol–water partition coefficient (Wildman–Crippen LogP) is 3.15. The molecule has 0 aromatic heterocycles. The van der Waals surface area contributed by atoms with E-state index in [0.29, 0.717) is 0 Å². The van der Waals surface area contributed by atoms with Crippen molar-refractivity contribution in [3.63, 3.8) is 0 Å². The fraction of sp³-hybridized carbons (Fsp3) is 0.500. The molecule has 2 unspecified atom stereocenters. The average molecular weight is 314 g/mol. The van der Waals surface area contributed by atoms with Gasteiger partial charge in [0.2, 0.25) is 0 Å². The molecule has 0 heterocycles. The van der Waals surface area contributed by atoms with Gasteiger partial charge in [0.15, 0.2) is 0 Å². The van der Waals surface area contributed by atoms with Gasteiger partial charge in [0, 0.05) is 10.5 Å². The number of ether oxygens (including phenoxy) is 1. The van der Waals surface area contributed by atoms with Crippen LogP contribution >= 0.6 is 15.9 Å². The largest absolute Gasteiger partial charge is 0.469 e. The number of rotatable bonds is 5. The second kappa shape index (κ2) is 6.90. The molecule has 0 saturated heterocycles. The fourth-order valence-corrected chi connectivity index (χ4v) is 2.72. The van der Waals surface area contributed by atoms with Gasteiger partial charge in [-0.3, -0.25) is 4.79 Å². The van der Waals surface area contributed by atoms with Crippen LogP contribution in [0, 0.1) is 11.8 Å². The van der Waals surface area contributed by atoms with Crippen LogP contribution in [0.3, 0.4) is 0 Å². The van der Waals surface area contributed by atoms with Gasteiger partial charge >= 0.3 is 5.97 Å². The SMILES string of the molecule is CNC(c1ccccc1Br)C(C(=O)OC)C(C)C. The molecule has 0 aliphatic carbocycles. The zero-order valence-electron chi connectivity index (χ0n) is 11.2. The molecule has 0 aliphatic heterocycles. The second-order valence-electron chi connectivity index (χ2n) is 4.58. The normalized spacial score (nSPS) is 14.3. The molecule has 0 saturated carbocycles. The number of methoxy groups -OCH3 is 1. The van der Waals surface area contributed by atoms with E-state index in [1.807, 2.05) is 45.2 Å². The second-order valence-corrected chi connectivity index (χ2v) is 5.44. The maximum atomic E-state index is 12.0. The number of halogens is 1. The van der Waals surface area contributed by atoms with Gasteiger partial charge in [-0.25, -0.2) is 0 Å². The summed E-state index contributed by atoms with van der Waals surface area (Å²) in [5.74, 6) is -0.194. The maximum Gasteiger partial charge on any atom is 0.310 e. The first-order chi connectivity index (χ1) is 8.52. The molecule has 1 aromatic carbocycles. The summed E-state index contributed by atoms with van der Waals surface area (Å²) in [6.07, 6.45) is 0. The lowest BCUT2D eigenvalue weighted by Crippen LogP contribution is -2.35.